The lowest BCUT2D eigenvalue weighted by Crippen LogP contribution is -2.01. The molecule has 80 valence electrons. The Morgan fingerprint density at radius 3 is 2.47 bits per heavy atom. The van der Waals surface area contributed by atoms with Crippen molar-refractivity contribution < 1.29 is 4.79 Å². The molecule has 0 fully saturated rings. The van der Waals surface area contributed by atoms with Crippen LogP contribution in [0, 0.1) is 6.92 Å². The maximum absolute atomic E-state index is 11.8. The van der Waals surface area contributed by atoms with Gasteiger partial charge in [-0.3, -0.25) is 4.79 Å². The molecule has 0 spiro atoms. The molecule has 0 saturated carbocycles. The highest BCUT2D eigenvalue weighted by Gasteiger charge is 2.10. The molecule has 0 aliphatic heterocycles. The van der Waals surface area contributed by atoms with E-state index in [1.165, 1.54) is 5.56 Å². The number of ketones is 1. The molecule has 0 aliphatic carbocycles. The standard InChI is InChI=1S/C14H18O/c1-4-8-13(14(15)5-2)12-10-7-6-9-11(12)3/h6-10H,4-5H2,1-3H3. The van der Waals surface area contributed by atoms with Crippen LogP contribution in [-0.4, -0.2) is 5.78 Å². The van der Waals surface area contributed by atoms with E-state index in [2.05, 4.69) is 6.92 Å². The van der Waals surface area contributed by atoms with Gasteiger partial charge in [-0.1, -0.05) is 44.2 Å². The summed E-state index contributed by atoms with van der Waals surface area (Å²) in [5.74, 6) is 0.228. The number of allylic oxidation sites excluding steroid dienone is 2. The van der Waals surface area contributed by atoms with Crippen LogP contribution < -0.4 is 0 Å². The molecule has 0 heterocycles. The number of benzene rings is 1. The van der Waals surface area contributed by atoms with Crippen LogP contribution in [0.1, 0.15) is 37.8 Å². The van der Waals surface area contributed by atoms with E-state index >= 15 is 0 Å². The van der Waals surface area contributed by atoms with E-state index in [9.17, 15) is 4.79 Å². The van der Waals surface area contributed by atoms with Crippen molar-refractivity contribution in [2.24, 2.45) is 0 Å². The van der Waals surface area contributed by atoms with Crippen LogP contribution in [0.15, 0.2) is 30.3 Å². The van der Waals surface area contributed by atoms with Crippen LogP contribution in [-0.2, 0) is 4.79 Å². The van der Waals surface area contributed by atoms with Crippen molar-refractivity contribution in [3.63, 3.8) is 0 Å². The minimum Gasteiger partial charge on any atom is -0.294 e. The molecule has 0 N–H and O–H groups in total. The summed E-state index contributed by atoms with van der Waals surface area (Å²) in [7, 11) is 0. The number of carbonyl (C=O) groups excluding carboxylic acids is 1. The second-order valence-electron chi connectivity index (χ2n) is 3.62. The number of rotatable bonds is 4. The molecule has 0 atom stereocenters. The van der Waals surface area contributed by atoms with Crippen molar-refractivity contribution in [3.8, 4) is 0 Å². The molecule has 1 aromatic rings. The monoisotopic (exact) mass is 202 g/mol. The fraction of sp³-hybridized carbons (Fsp3) is 0.357. The molecule has 1 nitrogen and oxygen atoms in total. The van der Waals surface area contributed by atoms with Gasteiger partial charge in [-0.05, 0) is 24.5 Å². The van der Waals surface area contributed by atoms with Gasteiger partial charge in [0.2, 0.25) is 0 Å². The van der Waals surface area contributed by atoms with Crippen molar-refractivity contribution in [1.29, 1.82) is 0 Å². The van der Waals surface area contributed by atoms with Crippen molar-refractivity contribution in [2.75, 3.05) is 0 Å². The van der Waals surface area contributed by atoms with E-state index in [1.807, 2.05) is 44.2 Å². The highest BCUT2D eigenvalue weighted by atomic mass is 16.1. The van der Waals surface area contributed by atoms with Gasteiger partial charge in [-0.2, -0.15) is 0 Å². The second-order valence-corrected chi connectivity index (χ2v) is 3.62. The van der Waals surface area contributed by atoms with Crippen LogP contribution in [0.2, 0.25) is 0 Å². The third-order valence-corrected chi connectivity index (χ3v) is 2.47. The van der Waals surface area contributed by atoms with Gasteiger partial charge < -0.3 is 0 Å². The summed E-state index contributed by atoms with van der Waals surface area (Å²) in [6.45, 7) is 6.01. The lowest BCUT2D eigenvalue weighted by molar-refractivity contribution is -0.113. The summed E-state index contributed by atoms with van der Waals surface area (Å²) >= 11 is 0. The van der Waals surface area contributed by atoms with Crippen LogP contribution in [0.25, 0.3) is 5.57 Å². The first-order valence-electron chi connectivity index (χ1n) is 5.50. The summed E-state index contributed by atoms with van der Waals surface area (Å²) in [4.78, 5) is 11.8. The van der Waals surface area contributed by atoms with Crippen LogP contribution >= 0.6 is 0 Å². The van der Waals surface area contributed by atoms with E-state index in [4.69, 9.17) is 0 Å². The fourth-order valence-corrected chi connectivity index (χ4v) is 1.64. The predicted molar refractivity (Wildman–Crippen MR) is 64.7 cm³/mol. The summed E-state index contributed by atoms with van der Waals surface area (Å²) in [6, 6.07) is 8.04. The number of carbonyl (C=O) groups is 1. The Balaban J connectivity index is 3.17. The average molecular weight is 202 g/mol. The summed E-state index contributed by atoms with van der Waals surface area (Å²) in [5, 5.41) is 0. The molecule has 0 bridgehead atoms. The molecule has 0 amide bonds. The third-order valence-electron chi connectivity index (χ3n) is 2.47. The third kappa shape index (κ3) is 2.79. The minimum absolute atomic E-state index is 0.228. The molecular formula is C14H18O. The molecular weight excluding hydrogens is 184 g/mol. The number of hydrogen-bond donors (Lipinski definition) is 0. The second kappa shape index (κ2) is 5.50. The van der Waals surface area contributed by atoms with E-state index in [0.717, 1.165) is 17.6 Å². The Morgan fingerprint density at radius 1 is 1.27 bits per heavy atom. The Hall–Kier alpha value is -1.37. The maximum atomic E-state index is 11.8. The lowest BCUT2D eigenvalue weighted by atomic mass is 9.95. The van der Waals surface area contributed by atoms with Crippen LogP contribution in [0.5, 0.6) is 0 Å². The maximum Gasteiger partial charge on any atom is 0.162 e. The molecule has 0 saturated heterocycles. The highest BCUT2D eigenvalue weighted by molar-refractivity contribution is 6.20. The Labute approximate surface area is 91.8 Å². The topological polar surface area (TPSA) is 17.1 Å². The molecule has 1 rings (SSSR count). The molecule has 15 heavy (non-hydrogen) atoms. The van der Waals surface area contributed by atoms with E-state index in [-0.39, 0.29) is 5.78 Å². The van der Waals surface area contributed by atoms with Crippen molar-refractivity contribution in [3.05, 3.63) is 41.5 Å². The Morgan fingerprint density at radius 2 is 1.93 bits per heavy atom. The fourth-order valence-electron chi connectivity index (χ4n) is 1.64. The Bertz CT molecular complexity index is 375. The minimum atomic E-state index is 0.228. The quantitative estimate of drug-likeness (QED) is 0.679. The first-order chi connectivity index (χ1) is 7.20. The summed E-state index contributed by atoms with van der Waals surface area (Å²) < 4.78 is 0. The van der Waals surface area contributed by atoms with Gasteiger partial charge in [0.25, 0.3) is 0 Å². The van der Waals surface area contributed by atoms with Gasteiger partial charge in [0.15, 0.2) is 5.78 Å². The first-order valence-corrected chi connectivity index (χ1v) is 5.50. The van der Waals surface area contributed by atoms with E-state index < -0.39 is 0 Å². The zero-order valence-electron chi connectivity index (χ0n) is 9.71. The lowest BCUT2D eigenvalue weighted by Gasteiger charge is -2.08. The number of Topliss-reactive ketones (excluding diaryl/α,β-unsaturated/α-hetero) is 1. The predicted octanol–water partition coefficient (Wildman–Crippen LogP) is 3.77. The molecule has 0 aliphatic rings. The van der Waals surface area contributed by atoms with Gasteiger partial charge >= 0.3 is 0 Å². The van der Waals surface area contributed by atoms with Crippen LogP contribution in [0.3, 0.4) is 0 Å². The number of aryl methyl sites for hydroxylation is 1. The Kier molecular flexibility index (Phi) is 4.29. The normalized spacial score (nSPS) is 11.5. The van der Waals surface area contributed by atoms with Crippen molar-refractivity contribution in [1.82, 2.24) is 0 Å². The SMILES string of the molecule is CCC=C(C(=O)CC)c1ccccc1C. The van der Waals surface area contributed by atoms with Gasteiger partial charge in [0.05, 0.1) is 0 Å². The molecule has 0 aromatic heterocycles. The number of hydrogen-bond acceptors (Lipinski definition) is 1. The van der Waals surface area contributed by atoms with Gasteiger partial charge in [-0.25, -0.2) is 0 Å². The average Bonchev–Trinajstić information content (AvgIpc) is 2.26. The zero-order chi connectivity index (χ0) is 11.3. The summed E-state index contributed by atoms with van der Waals surface area (Å²) in [5.41, 5.74) is 3.11. The van der Waals surface area contributed by atoms with Crippen molar-refractivity contribution >= 4 is 11.4 Å². The smallest absolute Gasteiger partial charge is 0.162 e. The van der Waals surface area contributed by atoms with E-state index in [1.54, 1.807) is 0 Å². The van der Waals surface area contributed by atoms with Gasteiger partial charge in [-0.15, -0.1) is 0 Å². The highest BCUT2D eigenvalue weighted by Crippen LogP contribution is 2.21. The largest absolute Gasteiger partial charge is 0.294 e. The van der Waals surface area contributed by atoms with Gasteiger partial charge in [0, 0.05) is 12.0 Å². The molecule has 1 heteroatoms. The molecule has 0 radical (unpaired) electrons. The first kappa shape index (κ1) is 11.7. The molecule has 1 aromatic carbocycles. The van der Waals surface area contributed by atoms with Crippen LogP contribution in [0.4, 0.5) is 0 Å². The summed E-state index contributed by atoms with van der Waals surface area (Å²) in [6.07, 6.45) is 3.49. The van der Waals surface area contributed by atoms with Gasteiger partial charge in [0.1, 0.15) is 0 Å². The van der Waals surface area contributed by atoms with E-state index in [0.29, 0.717) is 6.42 Å². The molecule has 0 unspecified atom stereocenters. The zero-order valence-corrected chi connectivity index (χ0v) is 9.71. The van der Waals surface area contributed by atoms with Crippen molar-refractivity contribution in [2.45, 2.75) is 33.6 Å².